The molecule has 4 aromatic rings. The van der Waals surface area contributed by atoms with Gasteiger partial charge in [-0.3, -0.25) is 4.79 Å². The molecular formula is C32H38N6O2. The molecule has 3 saturated carbocycles. The van der Waals surface area contributed by atoms with Crippen LogP contribution in [0.5, 0.6) is 5.75 Å². The van der Waals surface area contributed by atoms with Crippen LogP contribution in [0, 0.1) is 17.3 Å². The SMILES string of the molecule is COc1cc(C(=O)N2C[C@]3(CN)CCC23)cc2nc(-c3cc4cc(NCC5CC5)ccc4n3CC3CC3)n(C)c12. The summed E-state index contributed by atoms with van der Waals surface area (Å²) in [5, 5.41) is 4.86. The fourth-order valence-electron chi connectivity index (χ4n) is 7.10. The second kappa shape index (κ2) is 8.74. The lowest BCUT2D eigenvalue weighted by atomic mass is 9.57. The zero-order chi connectivity index (χ0) is 27.2. The van der Waals surface area contributed by atoms with Crippen LogP contribution < -0.4 is 15.8 Å². The van der Waals surface area contributed by atoms with Gasteiger partial charge in [-0.05, 0) is 86.8 Å². The van der Waals surface area contributed by atoms with Crippen molar-refractivity contribution in [3.63, 3.8) is 0 Å². The van der Waals surface area contributed by atoms with Crippen LogP contribution in [-0.4, -0.2) is 57.7 Å². The van der Waals surface area contributed by atoms with E-state index in [1.165, 1.54) is 42.3 Å². The van der Waals surface area contributed by atoms with Gasteiger partial charge in [0.2, 0.25) is 0 Å². The molecule has 208 valence electrons. The Balaban J connectivity index is 1.19. The van der Waals surface area contributed by atoms with E-state index in [2.05, 4.69) is 45.8 Å². The number of methoxy groups -OCH3 is 1. The molecule has 1 amide bonds. The number of benzene rings is 2. The number of carbonyl (C=O) groups is 1. The largest absolute Gasteiger partial charge is 0.494 e. The number of nitrogens with one attached hydrogen (secondary N) is 1. The minimum atomic E-state index is 0.0512. The summed E-state index contributed by atoms with van der Waals surface area (Å²) < 4.78 is 10.4. The third-order valence-electron chi connectivity index (χ3n) is 10.1. The van der Waals surface area contributed by atoms with E-state index in [4.69, 9.17) is 15.5 Å². The summed E-state index contributed by atoms with van der Waals surface area (Å²) in [6.07, 6.45) is 7.41. The number of piperidine rings is 1. The number of aromatic nitrogens is 3. The number of nitrogens with zero attached hydrogens (tertiary/aromatic N) is 4. The molecular weight excluding hydrogens is 500 g/mol. The van der Waals surface area contributed by atoms with Crippen LogP contribution in [0.15, 0.2) is 36.4 Å². The molecule has 40 heavy (non-hydrogen) atoms. The molecule has 3 heterocycles. The minimum absolute atomic E-state index is 0.0512. The van der Waals surface area contributed by atoms with E-state index in [1.54, 1.807) is 7.11 Å². The first-order chi connectivity index (χ1) is 19.5. The molecule has 8 rings (SSSR count). The van der Waals surface area contributed by atoms with Crippen LogP contribution in [0.25, 0.3) is 33.5 Å². The second-order valence-corrected chi connectivity index (χ2v) is 12.8. The molecule has 0 spiro atoms. The van der Waals surface area contributed by atoms with Crippen molar-refractivity contribution in [3.8, 4) is 17.3 Å². The van der Waals surface area contributed by atoms with Gasteiger partial charge in [0.1, 0.15) is 11.3 Å². The number of imidazole rings is 1. The van der Waals surface area contributed by atoms with E-state index >= 15 is 0 Å². The Morgan fingerprint density at radius 1 is 1.12 bits per heavy atom. The van der Waals surface area contributed by atoms with Gasteiger partial charge in [0.15, 0.2) is 5.82 Å². The molecule has 0 bridgehead atoms. The monoisotopic (exact) mass is 538 g/mol. The zero-order valence-corrected chi connectivity index (χ0v) is 23.4. The van der Waals surface area contributed by atoms with E-state index < -0.39 is 0 Å². The van der Waals surface area contributed by atoms with Crippen molar-refractivity contribution in [3.05, 3.63) is 42.0 Å². The van der Waals surface area contributed by atoms with Crippen molar-refractivity contribution in [1.29, 1.82) is 0 Å². The molecule has 1 unspecified atom stereocenters. The smallest absolute Gasteiger partial charge is 0.254 e. The molecule has 2 atom stereocenters. The molecule has 4 aliphatic rings. The van der Waals surface area contributed by atoms with Gasteiger partial charge >= 0.3 is 0 Å². The van der Waals surface area contributed by atoms with Gasteiger partial charge in [-0.1, -0.05) is 0 Å². The quantitative estimate of drug-likeness (QED) is 0.313. The number of aryl methyl sites for hydroxylation is 1. The number of amides is 1. The van der Waals surface area contributed by atoms with Crippen molar-refractivity contribution in [1.82, 2.24) is 19.0 Å². The third-order valence-corrected chi connectivity index (χ3v) is 10.1. The summed E-state index contributed by atoms with van der Waals surface area (Å²) >= 11 is 0. The minimum Gasteiger partial charge on any atom is -0.494 e. The first kappa shape index (κ1) is 24.3. The van der Waals surface area contributed by atoms with Gasteiger partial charge in [-0.25, -0.2) is 4.98 Å². The predicted molar refractivity (Wildman–Crippen MR) is 158 cm³/mol. The second-order valence-electron chi connectivity index (χ2n) is 12.8. The number of nitrogens with two attached hydrogens (primary N) is 1. The molecule has 8 heteroatoms. The number of hydrogen-bond acceptors (Lipinski definition) is 5. The van der Waals surface area contributed by atoms with Crippen molar-refractivity contribution >= 4 is 33.5 Å². The van der Waals surface area contributed by atoms with E-state index in [9.17, 15) is 4.79 Å². The van der Waals surface area contributed by atoms with Crippen molar-refractivity contribution in [2.45, 2.75) is 51.1 Å². The number of fused-ring (bicyclic) bond motifs is 3. The summed E-state index contributed by atoms with van der Waals surface area (Å²) in [6, 6.07) is 13.1. The Morgan fingerprint density at radius 2 is 1.95 bits per heavy atom. The van der Waals surface area contributed by atoms with E-state index in [0.29, 0.717) is 17.9 Å². The standard InChI is InChI=1S/C32H38N6O2/c1-36-29-24(12-22(14-27(29)40-2)31(39)38-18-32(17-33)10-9-28(32)38)35-30(36)26-13-21-11-23(34-15-19-3-4-19)7-8-25(21)37(26)16-20-5-6-20/h7-8,11-14,19-20,28,34H,3-6,9-10,15-18,33H2,1-2H3/t28?,32-/m1/s1. The highest BCUT2D eigenvalue weighted by Crippen LogP contribution is 2.53. The number of ether oxygens (including phenoxy) is 1. The van der Waals surface area contributed by atoms with Crippen LogP contribution in [0.1, 0.15) is 48.9 Å². The molecule has 3 N–H and O–H groups in total. The maximum Gasteiger partial charge on any atom is 0.254 e. The summed E-state index contributed by atoms with van der Waals surface area (Å²) in [5.41, 5.74) is 12.1. The van der Waals surface area contributed by atoms with Gasteiger partial charge in [0.05, 0.1) is 18.3 Å². The first-order valence-corrected chi connectivity index (χ1v) is 14.9. The summed E-state index contributed by atoms with van der Waals surface area (Å²) in [5.74, 6) is 3.18. The zero-order valence-electron chi connectivity index (χ0n) is 23.4. The number of carbonyl (C=O) groups excluding carboxylic acids is 1. The highest BCUT2D eigenvalue weighted by atomic mass is 16.5. The average Bonchev–Trinajstić information content (AvgIpc) is 3.89. The Bertz CT molecular complexity index is 1660. The average molecular weight is 539 g/mol. The van der Waals surface area contributed by atoms with Gasteiger partial charge in [-0.15, -0.1) is 0 Å². The van der Waals surface area contributed by atoms with Crippen LogP contribution in [-0.2, 0) is 13.6 Å². The lowest BCUT2D eigenvalue weighted by molar-refractivity contribution is -0.117. The highest BCUT2D eigenvalue weighted by Gasteiger charge is 2.59. The van der Waals surface area contributed by atoms with E-state index in [-0.39, 0.29) is 17.4 Å². The van der Waals surface area contributed by atoms with Crippen LogP contribution in [0.4, 0.5) is 5.69 Å². The molecule has 1 aliphatic heterocycles. The van der Waals surface area contributed by atoms with Crippen LogP contribution in [0.3, 0.4) is 0 Å². The summed E-state index contributed by atoms with van der Waals surface area (Å²) in [7, 11) is 3.72. The lowest BCUT2D eigenvalue weighted by Gasteiger charge is -2.64. The Kier molecular flexibility index (Phi) is 5.31. The number of likely N-dealkylation sites (tertiary alicyclic amines) is 1. The number of hydrogen-bond donors (Lipinski definition) is 2. The van der Waals surface area contributed by atoms with Crippen molar-refractivity contribution in [2.75, 3.05) is 32.1 Å². The topological polar surface area (TPSA) is 90.3 Å². The van der Waals surface area contributed by atoms with Gasteiger partial charge in [0, 0.05) is 66.8 Å². The molecule has 4 fully saturated rings. The van der Waals surface area contributed by atoms with Crippen molar-refractivity contribution in [2.24, 2.45) is 30.0 Å². The first-order valence-electron chi connectivity index (χ1n) is 14.9. The molecule has 1 saturated heterocycles. The maximum atomic E-state index is 13.6. The molecule has 2 aromatic heterocycles. The van der Waals surface area contributed by atoms with Gasteiger partial charge < -0.3 is 29.8 Å². The highest BCUT2D eigenvalue weighted by molar-refractivity contribution is 6.01. The summed E-state index contributed by atoms with van der Waals surface area (Å²) in [4.78, 5) is 20.7. The Morgan fingerprint density at radius 3 is 2.62 bits per heavy atom. The molecule has 2 aromatic carbocycles. The Labute approximate surface area is 234 Å². The van der Waals surface area contributed by atoms with Crippen LogP contribution in [0.2, 0.25) is 0 Å². The van der Waals surface area contributed by atoms with Gasteiger partial charge in [-0.2, -0.15) is 0 Å². The number of rotatable bonds is 9. The number of anilines is 1. The predicted octanol–water partition coefficient (Wildman–Crippen LogP) is 5.00. The molecule has 0 radical (unpaired) electrons. The normalized spacial score (nSPS) is 23.7. The lowest BCUT2D eigenvalue weighted by Crippen LogP contribution is -2.74. The van der Waals surface area contributed by atoms with E-state index in [1.807, 2.05) is 17.0 Å². The summed E-state index contributed by atoms with van der Waals surface area (Å²) in [6.45, 7) is 3.45. The van der Waals surface area contributed by atoms with Gasteiger partial charge in [0.25, 0.3) is 5.91 Å². The maximum absolute atomic E-state index is 13.6. The van der Waals surface area contributed by atoms with E-state index in [0.717, 1.165) is 66.9 Å². The fourth-order valence-corrected chi connectivity index (χ4v) is 7.10. The van der Waals surface area contributed by atoms with Crippen molar-refractivity contribution < 1.29 is 9.53 Å². The molecule has 3 aliphatic carbocycles. The fraction of sp³-hybridized carbons (Fsp3) is 0.500. The molecule has 8 nitrogen and oxygen atoms in total. The third kappa shape index (κ3) is 3.68. The van der Waals surface area contributed by atoms with Crippen LogP contribution >= 0.6 is 0 Å². The Hall–Kier alpha value is -3.52.